The van der Waals surface area contributed by atoms with Gasteiger partial charge in [0.05, 0.1) is 24.0 Å². The molecule has 1 aromatic rings. The van der Waals surface area contributed by atoms with E-state index >= 15 is 0 Å². The normalized spacial score (nSPS) is 9.77. The van der Waals surface area contributed by atoms with Crippen molar-refractivity contribution < 1.29 is 19.2 Å². The zero-order valence-electron chi connectivity index (χ0n) is 12.6. The van der Waals surface area contributed by atoms with Crippen LogP contribution in [0.4, 0.5) is 17.1 Å². The van der Waals surface area contributed by atoms with Gasteiger partial charge in [-0.05, 0) is 6.07 Å². The molecule has 0 spiro atoms. The summed E-state index contributed by atoms with van der Waals surface area (Å²) in [7, 11) is 4.41. The Morgan fingerprint density at radius 3 is 2.36 bits per heavy atom. The summed E-state index contributed by atoms with van der Waals surface area (Å²) < 4.78 is 4.46. The SMILES string of the molecule is CNc1cc(NC)c([N+](=O)[O-])cc1C(=O)NCCC(=O)OC. The molecule has 0 unspecified atom stereocenters. The number of ether oxygens (including phenoxy) is 1. The van der Waals surface area contributed by atoms with Gasteiger partial charge >= 0.3 is 5.97 Å². The number of nitrogens with one attached hydrogen (secondary N) is 3. The topological polar surface area (TPSA) is 123 Å². The van der Waals surface area contributed by atoms with Crippen LogP contribution in [0, 0.1) is 10.1 Å². The number of amides is 1. The Kier molecular flexibility index (Phi) is 6.11. The highest BCUT2D eigenvalue weighted by molar-refractivity contribution is 6.01. The molecule has 9 nitrogen and oxygen atoms in total. The third-order valence-corrected chi connectivity index (χ3v) is 2.96. The quantitative estimate of drug-likeness (QED) is 0.389. The first kappa shape index (κ1) is 17.2. The van der Waals surface area contributed by atoms with Crippen LogP contribution in [0.3, 0.4) is 0 Å². The van der Waals surface area contributed by atoms with Gasteiger partial charge in [-0.25, -0.2) is 0 Å². The van der Waals surface area contributed by atoms with Crippen molar-refractivity contribution in [1.29, 1.82) is 0 Å². The highest BCUT2D eigenvalue weighted by Crippen LogP contribution is 2.30. The Hall–Kier alpha value is -2.84. The molecule has 1 amide bonds. The standard InChI is InChI=1S/C13H18N4O5/c1-14-9-7-10(15-2)11(17(20)21)6-8(9)13(19)16-5-4-12(18)22-3/h6-7,14-15H,4-5H2,1-3H3,(H,16,19). The van der Waals surface area contributed by atoms with Gasteiger partial charge in [0, 0.05) is 32.4 Å². The molecule has 120 valence electrons. The number of benzene rings is 1. The van der Waals surface area contributed by atoms with Gasteiger partial charge in [0.25, 0.3) is 11.6 Å². The van der Waals surface area contributed by atoms with Crippen LogP contribution in [0.5, 0.6) is 0 Å². The first-order valence-corrected chi connectivity index (χ1v) is 6.47. The number of nitro groups is 1. The van der Waals surface area contributed by atoms with Crippen LogP contribution in [-0.2, 0) is 9.53 Å². The number of hydrogen-bond donors (Lipinski definition) is 3. The van der Waals surface area contributed by atoms with Gasteiger partial charge in [-0.3, -0.25) is 19.7 Å². The summed E-state index contributed by atoms with van der Waals surface area (Å²) in [5.74, 6) is -0.968. The van der Waals surface area contributed by atoms with Crippen molar-refractivity contribution in [3.05, 3.63) is 27.8 Å². The molecule has 22 heavy (non-hydrogen) atoms. The fraction of sp³-hybridized carbons (Fsp3) is 0.385. The van der Waals surface area contributed by atoms with E-state index in [9.17, 15) is 19.7 Å². The molecule has 0 atom stereocenters. The lowest BCUT2D eigenvalue weighted by molar-refractivity contribution is -0.383. The molecule has 0 aromatic heterocycles. The number of methoxy groups -OCH3 is 1. The predicted molar refractivity (Wildman–Crippen MR) is 81.2 cm³/mol. The van der Waals surface area contributed by atoms with Gasteiger partial charge in [0.15, 0.2) is 0 Å². The van der Waals surface area contributed by atoms with Crippen molar-refractivity contribution >= 4 is 28.9 Å². The van der Waals surface area contributed by atoms with Crippen LogP contribution < -0.4 is 16.0 Å². The number of esters is 1. The maximum atomic E-state index is 12.1. The van der Waals surface area contributed by atoms with Gasteiger partial charge in [0.1, 0.15) is 5.69 Å². The molecule has 0 aliphatic heterocycles. The zero-order chi connectivity index (χ0) is 16.7. The molecule has 0 fully saturated rings. The Labute approximate surface area is 127 Å². The first-order chi connectivity index (χ1) is 10.4. The lowest BCUT2D eigenvalue weighted by Gasteiger charge is -2.12. The molecule has 9 heteroatoms. The number of nitro benzene ring substituents is 1. The minimum Gasteiger partial charge on any atom is -0.469 e. The molecule has 0 radical (unpaired) electrons. The molecular weight excluding hydrogens is 292 g/mol. The summed E-state index contributed by atoms with van der Waals surface area (Å²) >= 11 is 0. The van der Waals surface area contributed by atoms with Crippen molar-refractivity contribution in [2.75, 3.05) is 38.4 Å². The van der Waals surface area contributed by atoms with E-state index in [-0.39, 0.29) is 24.2 Å². The second-order valence-electron chi connectivity index (χ2n) is 4.25. The number of carbonyl (C=O) groups excluding carboxylic acids is 2. The Morgan fingerprint density at radius 1 is 1.23 bits per heavy atom. The molecule has 0 saturated heterocycles. The average molecular weight is 310 g/mol. The van der Waals surface area contributed by atoms with Gasteiger partial charge in [-0.15, -0.1) is 0 Å². The molecule has 1 rings (SSSR count). The third-order valence-electron chi connectivity index (χ3n) is 2.96. The molecule has 0 aliphatic carbocycles. The molecule has 0 bridgehead atoms. The van der Waals surface area contributed by atoms with Gasteiger partial charge in [0.2, 0.25) is 0 Å². The minimum atomic E-state index is -0.573. The predicted octanol–water partition coefficient (Wildman–Crippen LogP) is 0.971. The summed E-state index contributed by atoms with van der Waals surface area (Å²) in [6.45, 7) is 0.0796. The Balaban J connectivity index is 3.01. The maximum Gasteiger partial charge on any atom is 0.307 e. The second-order valence-corrected chi connectivity index (χ2v) is 4.25. The van der Waals surface area contributed by atoms with E-state index in [1.807, 2.05) is 0 Å². The molecule has 0 heterocycles. The highest BCUT2D eigenvalue weighted by Gasteiger charge is 2.21. The van der Waals surface area contributed by atoms with Crippen molar-refractivity contribution in [2.45, 2.75) is 6.42 Å². The van der Waals surface area contributed by atoms with Gasteiger partial charge < -0.3 is 20.7 Å². The number of carbonyl (C=O) groups is 2. The first-order valence-electron chi connectivity index (χ1n) is 6.47. The molecule has 3 N–H and O–H groups in total. The summed E-state index contributed by atoms with van der Waals surface area (Å²) in [6.07, 6.45) is 0.0216. The molecule has 1 aromatic carbocycles. The van der Waals surface area contributed by atoms with E-state index in [0.29, 0.717) is 11.4 Å². The van der Waals surface area contributed by atoms with Crippen molar-refractivity contribution in [1.82, 2.24) is 5.32 Å². The van der Waals surface area contributed by atoms with Crippen LogP contribution in [0.1, 0.15) is 16.8 Å². The highest BCUT2D eigenvalue weighted by atomic mass is 16.6. The lowest BCUT2D eigenvalue weighted by Crippen LogP contribution is -2.27. The van der Waals surface area contributed by atoms with E-state index in [0.717, 1.165) is 0 Å². The smallest absolute Gasteiger partial charge is 0.307 e. The number of anilines is 2. The second kappa shape index (κ2) is 7.81. The summed E-state index contributed by atoms with van der Waals surface area (Å²) in [5.41, 5.74) is 0.642. The fourth-order valence-corrected chi connectivity index (χ4v) is 1.81. The van der Waals surface area contributed by atoms with Crippen molar-refractivity contribution in [3.8, 4) is 0 Å². The van der Waals surface area contributed by atoms with Crippen molar-refractivity contribution in [2.24, 2.45) is 0 Å². The largest absolute Gasteiger partial charge is 0.469 e. The zero-order valence-corrected chi connectivity index (χ0v) is 12.6. The van der Waals surface area contributed by atoms with Crippen LogP contribution >= 0.6 is 0 Å². The van der Waals surface area contributed by atoms with E-state index in [2.05, 4.69) is 20.7 Å². The third kappa shape index (κ3) is 4.08. The number of nitrogens with zero attached hydrogens (tertiary/aromatic N) is 1. The van der Waals surface area contributed by atoms with Gasteiger partial charge in [-0.1, -0.05) is 0 Å². The van der Waals surface area contributed by atoms with E-state index < -0.39 is 16.8 Å². The lowest BCUT2D eigenvalue weighted by atomic mass is 10.1. The molecule has 0 saturated carbocycles. The van der Waals surface area contributed by atoms with Crippen LogP contribution in [0.15, 0.2) is 12.1 Å². The minimum absolute atomic E-state index is 0.0216. The Morgan fingerprint density at radius 2 is 1.86 bits per heavy atom. The molecular formula is C13H18N4O5. The molecule has 0 aliphatic rings. The maximum absolute atomic E-state index is 12.1. The summed E-state index contributed by atoms with van der Waals surface area (Å²) in [6, 6.07) is 2.67. The van der Waals surface area contributed by atoms with Gasteiger partial charge in [-0.2, -0.15) is 0 Å². The van der Waals surface area contributed by atoms with Crippen LogP contribution in [0.2, 0.25) is 0 Å². The van der Waals surface area contributed by atoms with Crippen molar-refractivity contribution in [3.63, 3.8) is 0 Å². The van der Waals surface area contributed by atoms with Crippen LogP contribution in [-0.4, -0.2) is 44.5 Å². The Bertz CT molecular complexity index is 588. The average Bonchev–Trinajstić information content (AvgIpc) is 2.52. The van der Waals surface area contributed by atoms with E-state index in [4.69, 9.17) is 0 Å². The summed E-state index contributed by atoms with van der Waals surface area (Å²) in [5, 5.41) is 19.1. The number of rotatable bonds is 7. The van der Waals surface area contributed by atoms with E-state index in [1.165, 1.54) is 19.2 Å². The summed E-state index contributed by atoms with van der Waals surface area (Å²) in [4.78, 5) is 33.6. The van der Waals surface area contributed by atoms with Crippen LogP contribution in [0.25, 0.3) is 0 Å². The fourth-order valence-electron chi connectivity index (χ4n) is 1.81. The van der Waals surface area contributed by atoms with E-state index in [1.54, 1.807) is 14.1 Å². The monoisotopic (exact) mass is 310 g/mol. The number of hydrogen-bond acceptors (Lipinski definition) is 7.